The standard InChI is InChI=1S/C12H17N5S2/c1-8-6-17(3-5-18-8)7-10-14-11(16-13)9-2-4-19-12(9)15-10/h2,4,8H,3,5-7,13H2,1H3,(H,14,15,16). The Morgan fingerprint density at radius 2 is 2.42 bits per heavy atom. The summed E-state index contributed by atoms with van der Waals surface area (Å²) in [5, 5.41) is 3.70. The van der Waals surface area contributed by atoms with Crippen LogP contribution in [0.4, 0.5) is 5.82 Å². The van der Waals surface area contributed by atoms with Crippen molar-refractivity contribution in [1.29, 1.82) is 0 Å². The predicted molar refractivity (Wildman–Crippen MR) is 82.4 cm³/mol. The first-order valence-corrected chi connectivity index (χ1v) is 8.24. The molecule has 1 fully saturated rings. The molecule has 0 saturated carbocycles. The first-order chi connectivity index (χ1) is 9.26. The van der Waals surface area contributed by atoms with Crippen LogP contribution in [0.15, 0.2) is 11.4 Å². The molecule has 19 heavy (non-hydrogen) atoms. The van der Waals surface area contributed by atoms with E-state index in [4.69, 9.17) is 5.84 Å². The normalized spacial score (nSPS) is 20.8. The quantitative estimate of drug-likeness (QED) is 0.666. The maximum absolute atomic E-state index is 5.55. The molecule has 3 heterocycles. The van der Waals surface area contributed by atoms with Crippen LogP contribution in [0.3, 0.4) is 0 Å². The highest BCUT2D eigenvalue weighted by Gasteiger charge is 2.18. The summed E-state index contributed by atoms with van der Waals surface area (Å²) < 4.78 is 0. The summed E-state index contributed by atoms with van der Waals surface area (Å²) in [5.41, 5.74) is 2.68. The molecule has 0 bridgehead atoms. The molecule has 0 amide bonds. The van der Waals surface area contributed by atoms with Crippen LogP contribution in [0.25, 0.3) is 10.2 Å². The highest BCUT2D eigenvalue weighted by molar-refractivity contribution is 7.99. The smallest absolute Gasteiger partial charge is 0.152 e. The molecule has 0 spiro atoms. The number of nitrogens with two attached hydrogens (primary N) is 1. The average Bonchev–Trinajstić information content (AvgIpc) is 2.86. The van der Waals surface area contributed by atoms with E-state index in [-0.39, 0.29) is 0 Å². The molecule has 1 saturated heterocycles. The van der Waals surface area contributed by atoms with Crippen LogP contribution in [-0.2, 0) is 6.54 Å². The van der Waals surface area contributed by atoms with Gasteiger partial charge in [-0.15, -0.1) is 11.3 Å². The minimum absolute atomic E-state index is 0.686. The van der Waals surface area contributed by atoms with Gasteiger partial charge in [-0.3, -0.25) is 4.90 Å². The lowest BCUT2D eigenvalue weighted by molar-refractivity contribution is 0.272. The maximum Gasteiger partial charge on any atom is 0.152 e. The number of anilines is 1. The van der Waals surface area contributed by atoms with Crippen LogP contribution in [0.5, 0.6) is 0 Å². The molecular formula is C12H17N5S2. The summed E-state index contributed by atoms with van der Waals surface area (Å²) in [6.45, 7) is 5.27. The van der Waals surface area contributed by atoms with Gasteiger partial charge < -0.3 is 5.43 Å². The third-order valence-electron chi connectivity index (χ3n) is 3.20. The van der Waals surface area contributed by atoms with Gasteiger partial charge in [0, 0.05) is 24.1 Å². The molecule has 7 heteroatoms. The highest BCUT2D eigenvalue weighted by Crippen LogP contribution is 2.25. The Morgan fingerprint density at radius 1 is 1.53 bits per heavy atom. The van der Waals surface area contributed by atoms with E-state index in [1.54, 1.807) is 11.3 Å². The van der Waals surface area contributed by atoms with Crippen molar-refractivity contribution in [3.63, 3.8) is 0 Å². The van der Waals surface area contributed by atoms with Crippen molar-refractivity contribution >= 4 is 39.1 Å². The van der Waals surface area contributed by atoms with E-state index in [1.165, 1.54) is 5.75 Å². The van der Waals surface area contributed by atoms with Crippen molar-refractivity contribution in [2.24, 2.45) is 5.84 Å². The molecule has 1 atom stereocenters. The van der Waals surface area contributed by atoms with E-state index in [0.29, 0.717) is 5.25 Å². The number of thiophene rings is 1. The molecule has 0 aromatic carbocycles. The average molecular weight is 295 g/mol. The van der Waals surface area contributed by atoms with E-state index in [1.807, 2.05) is 23.2 Å². The van der Waals surface area contributed by atoms with Gasteiger partial charge in [0.15, 0.2) is 5.82 Å². The second kappa shape index (κ2) is 5.62. The molecule has 0 aliphatic carbocycles. The van der Waals surface area contributed by atoms with Crippen LogP contribution in [-0.4, -0.2) is 39.0 Å². The molecular weight excluding hydrogens is 278 g/mol. The fraction of sp³-hybridized carbons (Fsp3) is 0.500. The number of hydrogen-bond donors (Lipinski definition) is 2. The van der Waals surface area contributed by atoms with E-state index in [2.05, 4.69) is 27.2 Å². The first kappa shape index (κ1) is 13.1. The van der Waals surface area contributed by atoms with Crippen LogP contribution in [0.1, 0.15) is 12.7 Å². The number of rotatable bonds is 3. The van der Waals surface area contributed by atoms with Gasteiger partial charge in [-0.2, -0.15) is 11.8 Å². The van der Waals surface area contributed by atoms with Gasteiger partial charge in [-0.1, -0.05) is 6.92 Å². The predicted octanol–water partition coefficient (Wildman–Crippen LogP) is 1.91. The lowest BCUT2D eigenvalue weighted by atomic mass is 10.3. The molecule has 0 radical (unpaired) electrons. The largest absolute Gasteiger partial charge is 0.308 e. The Labute approximate surface area is 120 Å². The summed E-state index contributed by atoms with van der Waals surface area (Å²) in [4.78, 5) is 12.6. The van der Waals surface area contributed by atoms with Crippen molar-refractivity contribution < 1.29 is 0 Å². The summed E-state index contributed by atoms with van der Waals surface area (Å²) in [6.07, 6.45) is 0. The number of nitrogens with one attached hydrogen (secondary N) is 1. The van der Waals surface area contributed by atoms with Gasteiger partial charge in [0.25, 0.3) is 0 Å². The van der Waals surface area contributed by atoms with Crippen LogP contribution < -0.4 is 11.3 Å². The van der Waals surface area contributed by atoms with Crippen molar-refractivity contribution in [1.82, 2.24) is 14.9 Å². The third kappa shape index (κ3) is 2.84. The molecule has 3 N–H and O–H groups in total. The number of nitrogen functional groups attached to an aromatic ring is 1. The monoisotopic (exact) mass is 295 g/mol. The Hall–Kier alpha value is -0.890. The Balaban J connectivity index is 1.84. The van der Waals surface area contributed by atoms with E-state index >= 15 is 0 Å². The molecule has 2 aromatic rings. The van der Waals surface area contributed by atoms with E-state index in [0.717, 1.165) is 41.5 Å². The van der Waals surface area contributed by atoms with Crippen molar-refractivity contribution in [2.45, 2.75) is 18.7 Å². The maximum atomic E-state index is 5.55. The molecule has 2 aromatic heterocycles. The summed E-state index contributed by atoms with van der Waals surface area (Å²) >= 11 is 3.66. The second-order valence-electron chi connectivity index (χ2n) is 4.69. The molecule has 1 unspecified atom stereocenters. The minimum atomic E-state index is 0.686. The SMILES string of the molecule is CC1CN(Cc2nc(NN)c3ccsc3n2)CCS1. The molecule has 5 nitrogen and oxygen atoms in total. The molecule has 3 rings (SSSR count). The molecule has 102 valence electrons. The first-order valence-electron chi connectivity index (χ1n) is 6.31. The minimum Gasteiger partial charge on any atom is -0.308 e. The fourth-order valence-corrected chi connectivity index (χ4v) is 4.18. The lowest BCUT2D eigenvalue weighted by Crippen LogP contribution is -2.36. The number of nitrogens with zero attached hydrogens (tertiary/aromatic N) is 3. The summed E-state index contributed by atoms with van der Waals surface area (Å²) in [7, 11) is 0. The van der Waals surface area contributed by atoms with Crippen molar-refractivity contribution in [3.05, 3.63) is 17.3 Å². The van der Waals surface area contributed by atoms with Crippen LogP contribution in [0.2, 0.25) is 0 Å². The van der Waals surface area contributed by atoms with Gasteiger partial charge in [0.05, 0.1) is 11.9 Å². The Bertz CT molecular complexity index is 570. The van der Waals surface area contributed by atoms with Crippen molar-refractivity contribution in [2.75, 3.05) is 24.3 Å². The van der Waals surface area contributed by atoms with Crippen LogP contribution >= 0.6 is 23.1 Å². The van der Waals surface area contributed by atoms with E-state index in [9.17, 15) is 0 Å². The number of thioether (sulfide) groups is 1. The van der Waals surface area contributed by atoms with Crippen LogP contribution in [0, 0.1) is 0 Å². The number of hydrazine groups is 1. The second-order valence-corrected chi connectivity index (χ2v) is 7.13. The third-order valence-corrected chi connectivity index (χ3v) is 5.14. The summed E-state index contributed by atoms with van der Waals surface area (Å²) in [6, 6.07) is 2.00. The topological polar surface area (TPSA) is 67.1 Å². The van der Waals surface area contributed by atoms with Gasteiger partial charge in [-0.25, -0.2) is 15.8 Å². The van der Waals surface area contributed by atoms with Gasteiger partial charge >= 0.3 is 0 Å². The number of fused-ring (bicyclic) bond motifs is 1. The van der Waals surface area contributed by atoms with Gasteiger partial charge in [-0.05, 0) is 11.4 Å². The summed E-state index contributed by atoms with van der Waals surface area (Å²) in [5.74, 6) is 8.30. The van der Waals surface area contributed by atoms with Gasteiger partial charge in [0.2, 0.25) is 0 Å². The number of aromatic nitrogens is 2. The molecule has 1 aliphatic heterocycles. The Morgan fingerprint density at radius 3 is 3.21 bits per heavy atom. The fourth-order valence-electron chi connectivity index (χ4n) is 2.31. The Kier molecular flexibility index (Phi) is 3.88. The zero-order valence-corrected chi connectivity index (χ0v) is 12.4. The lowest BCUT2D eigenvalue weighted by Gasteiger charge is -2.29. The van der Waals surface area contributed by atoms with Crippen molar-refractivity contribution in [3.8, 4) is 0 Å². The van der Waals surface area contributed by atoms with E-state index < -0.39 is 0 Å². The number of hydrogen-bond acceptors (Lipinski definition) is 7. The molecule has 1 aliphatic rings. The zero-order valence-electron chi connectivity index (χ0n) is 10.8. The zero-order chi connectivity index (χ0) is 13.2. The highest BCUT2D eigenvalue weighted by atomic mass is 32.2. The van der Waals surface area contributed by atoms with Gasteiger partial charge in [0.1, 0.15) is 10.7 Å².